The van der Waals surface area contributed by atoms with E-state index < -0.39 is 14.5 Å². The molecule has 5 heteroatoms. The number of ether oxygens (including phenoxy) is 2. The summed E-state index contributed by atoms with van der Waals surface area (Å²) in [5, 5.41) is 0.118. The molecule has 0 amide bonds. The van der Waals surface area contributed by atoms with E-state index >= 15 is 0 Å². The molecular weight excluding hydrogens is 272 g/mol. The molecule has 0 aromatic rings. The molecule has 0 aliphatic carbocycles. The lowest BCUT2D eigenvalue weighted by Crippen LogP contribution is -2.47. The average molecular weight is 300 g/mol. The Labute approximate surface area is 123 Å². The van der Waals surface area contributed by atoms with Crippen LogP contribution in [0.2, 0.25) is 18.1 Å². The Morgan fingerprint density at radius 3 is 2.55 bits per heavy atom. The summed E-state index contributed by atoms with van der Waals surface area (Å²) in [6.07, 6.45) is 5.07. The Kier molecular flexibility index (Phi) is 5.83. The molecule has 0 radical (unpaired) electrons. The van der Waals surface area contributed by atoms with Gasteiger partial charge in [0.15, 0.2) is 14.4 Å². The number of hydrogen-bond acceptors (Lipinski definition) is 4. The summed E-state index contributed by atoms with van der Waals surface area (Å²) in [5.41, 5.74) is 0. The van der Waals surface area contributed by atoms with Gasteiger partial charge in [-0.25, -0.2) is 4.79 Å². The molecule has 1 fully saturated rings. The van der Waals surface area contributed by atoms with Gasteiger partial charge in [-0.2, -0.15) is 0 Å². The van der Waals surface area contributed by atoms with E-state index in [9.17, 15) is 4.79 Å². The van der Waals surface area contributed by atoms with Crippen molar-refractivity contribution in [3.8, 4) is 0 Å². The predicted octanol–water partition coefficient (Wildman–Crippen LogP) is 4.27. The summed E-state index contributed by atoms with van der Waals surface area (Å²) in [6, 6.07) is 0. The maximum atomic E-state index is 11.1. The highest BCUT2D eigenvalue weighted by Crippen LogP contribution is 2.38. The summed E-state index contributed by atoms with van der Waals surface area (Å²) in [7, 11) is -1.92. The predicted molar refractivity (Wildman–Crippen MR) is 82.3 cm³/mol. The van der Waals surface area contributed by atoms with Crippen molar-refractivity contribution in [3.05, 3.63) is 12.2 Å². The van der Waals surface area contributed by atoms with Gasteiger partial charge in [-0.15, -0.1) is 0 Å². The first kappa shape index (κ1) is 17.2. The van der Waals surface area contributed by atoms with E-state index in [0.29, 0.717) is 0 Å². The van der Waals surface area contributed by atoms with Crippen LogP contribution in [0.4, 0.5) is 4.79 Å². The van der Waals surface area contributed by atoms with Gasteiger partial charge in [0.1, 0.15) is 12.7 Å². The third-order valence-corrected chi connectivity index (χ3v) is 8.47. The van der Waals surface area contributed by atoms with Crippen molar-refractivity contribution in [1.29, 1.82) is 0 Å². The van der Waals surface area contributed by atoms with Gasteiger partial charge >= 0.3 is 6.16 Å². The normalized spacial score (nSPS) is 21.9. The Balaban J connectivity index is 2.80. The van der Waals surface area contributed by atoms with E-state index in [0.717, 1.165) is 12.8 Å². The second kappa shape index (κ2) is 6.76. The maximum absolute atomic E-state index is 11.1. The number of allylic oxidation sites excluding steroid dienone is 1. The third kappa shape index (κ3) is 4.63. The van der Waals surface area contributed by atoms with Crippen molar-refractivity contribution in [1.82, 2.24) is 0 Å². The lowest BCUT2D eigenvalue weighted by atomic mass is 10.2. The fourth-order valence-corrected chi connectivity index (χ4v) is 2.92. The molecule has 0 unspecified atom stereocenters. The van der Waals surface area contributed by atoms with Crippen LogP contribution in [0.3, 0.4) is 0 Å². The summed E-state index contributed by atoms with van der Waals surface area (Å²) in [5.74, 6) is 0. The van der Waals surface area contributed by atoms with Gasteiger partial charge in [0.2, 0.25) is 0 Å². The number of rotatable bonds is 6. The maximum Gasteiger partial charge on any atom is 0.508 e. The van der Waals surface area contributed by atoms with Crippen molar-refractivity contribution < 1.29 is 18.7 Å². The molecule has 1 rings (SSSR count). The first-order valence-corrected chi connectivity index (χ1v) is 10.3. The number of hydrogen-bond donors (Lipinski definition) is 0. The van der Waals surface area contributed by atoms with Crippen LogP contribution in [0, 0.1) is 0 Å². The van der Waals surface area contributed by atoms with Crippen LogP contribution in [-0.4, -0.2) is 33.3 Å². The molecule has 116 valence electrons. The van der Waals surface area contributed by atoms with Gasteiger partial charge in [0, 0.05) is 0 Å². The number of carbonyl (C=O) groups excluding carboxylic acids is 1. The Morgan fingerprint density at radius 2 is 2.10 bits per heavy atom. The highest BCUT2D eigenvalue weighted by Gasteiger charge is 2.42. The molecule has 0 N–H and O–H groups in total. The van der Waals surface area contributed by atoms with E-state index in [-0.39, 0.29) is 23.9 Å². The largest absolute Gasteiger partial charge is 0.508 e. The topological polar surface area (TPSA) is 44.8 Å². The first-order chi connectivity index (χ1) is 9.17. The monoisotopic (exact) mass is 300 g/mol. The van der Waals surface area contributed by atoms with Gasteiger partial charge in [0.25, 0.3) is 0 Å². The third-order valence-electron chi connectivity index (χ3n) is 4.00. The standard InChI is InChI=1S/C15H28O4Si/c1-7-8-9-10-12(13-11-17-14(16)18-13)19-20(5,6)15(2,3)4/h9-10,12-13H,7-8,11H2,1-6H3/b10-9+/t12-,13+/m0/s1. The van der Waals surface area contributed by atoms with Crippen LogP contribution in [0.1, 0.15) is 40.5 Å². The van der Waals surface area contributed by atoms with Gasteiger partial charge in [-0.1, -0.05) is 46.3 Å². The van der Waals surface area contributed by atoms with Crippen molar-refractivity contribution in [2.24, 2.45) is 0 Å². The fraction of sp³-hybridized carbons (Fsp3) is 0.800. The van der Waals surface area contributed by atoms with Crippen molar-refractivity contribution >= 4 is 14.5 Å². The van der Waals surface area contributed by atoms with Gasteiger partial charge in [0.05, 0.1) is 0 Å². The molecule has 4 nitrogen and oxygen atoms in total. The highest BCUT2D eigenvalue weighted by molar-refractivity contribution is 6.74. The van der Waals surface area contributed by atoms with Crippen molar-refractivity contribution in [2.45, 2.75) is 70.9 Å². The summed E-state index contributed by atoms with van der Waals surface area (Å²) >= 11 is 0. The molecule has 1 aliphatic heterocycles. The average Bonchev–Trinajstić information content (AvgIpc) is 2.73. The number of carbonyl (C=O) groups is 1. The molecule has 0 saturated carbocycles. The van der Waals surface area contributed by atoms with Crippen LogP contribution >= 0.6 is 0 Å². The zero-order valence-electron chi connectivity index (χ0n) is 13.6. The molecule has 1 heterocycles. The van der Waals surface area contributed by atoms with Crippen LogP contribution in [0.5, 0.6) is 0 Å². The quantitative estimate of drug-likeness (QED) is 0.417. The smallest absolute Gasteiger partial charge is 0.430 e. The Hall–Kier alpha value is -0.813. The lowest BCUT2D eigenvalue weighted by molar-refractivity contribution is 0.0641. The molecule has 2 atom stereocenters. The van der Waals surface area contributed by atoms with Gasteiger partial charge in [-0.3, -0.25) is 0 Å². The van der Waals surface area contributed by atoms with Crippen LogP contribution in [0.25, 0.3) is 0 Å². The summed E-state index contributed by atoms with van der Waals surface area (Å²) in [4.78, 5) is 11.1. The minimum Gasteiger partial charge on any atom is -0.430 e. The SMILES string of the molecule is CCC/C=C/[C@H](O[Si](C)(C)C(C)(C)C)[C@H]1COC(=O)O1. The van der Waals surface area contributed by atoms with E-state index in [1.807, 2.05) is 6.08 Å². The lowest BCUT2D eigenvalue weighted by Gasteiger charge is -2.39. The summed E-state index contributed by atoms with van der Waals surface area (Å²) in [6.45, 7) is 13.4. The summed E-state index contributed by atoms with van der Waals surface area (Å²) < 4.78 is 16.5. The molecule has 0 aromatic heterocycles. The minimum absolute atomic E-state index is 0.118. The fourth-order valence-electron chi connectivity index (χ4n) is 1.66. The minimum atomic E-state index is -1.92. The molecule has 20 heavy (non-hydrogen) atoms. The zero-order chi connectivity index (χ0) is 15.4. The van der Waals surface area contributed by atoms with Crippen LogP contribution < -0.4 is 0 Å². The molecular formula is C15H28O4Si. The van der Waals surface area contributed by atoms with Gasteiger partial charge < -0.3 is 13.9 Å². The van der Waals surface area contributed by atoms with E-state index in [4.69, 9.17) is 13.9 Å². The van der Waals surface area contributed by atoms with Crippen LogP contribution in [-0.2, 0) is 13.9 Å². The van der Waals surface area contributed by atoms with Gasteiger partial charge in [-0.05, 0) is 24.6 Å². The molecule has 1 saturated heterocycles. The second-order valence-corrected chi connectivity index (χ2v) is 11.5. The molecule has 0 bridgehead atoms. The number of cyclic esters (lactones) is 2. The Morgan fingerprint density at radius 1 is 1.45 bits per heavy atom. The first-order valence-electron chi connectivity index (χ1n) is 7.35. The molecule has 0 spiro atoms. The number of unbranched alkanes of at least 4 members (excludes halogenated alkanes) is 1. The molecule has 0 aromatic carbocycles. The van der Waals surface area contributed by atoms with E-state index in [1.165, 1.54) is 0 Å². The zero-order valence-corrected chi connectivity index (χ0v) is 14.6. The van der Waals surface area contributed by atoms with Crippen molar-refractivity contribution in [3.63, 3.8) is 0 Å². The molecule has 1 aliphatic rings. The Bertz CT molecular complexity index is 357. The van der Waals surface area contributed by atoms with Crippen molar-refractivity contribution in [2.75, 3.05) is 6.61 Å². The second-order valence-electron chi connectivity index (χ2n) is 6.78. The van der Waals surface area contributed by atoms with E-state index in [2.05, 4.69) is 46.9 Å². The highest BCUT2D eigenvalue weighted by atomic mass is 28.4. The van der Waals surface area contributed by atoms with Crippen LogP contribution in [0.15, 0.2) is 12.2 Å². The van der Waals surface area contributed by atoms with E-state index in [1.54, 1.807) is 0 Å².